The van der Waals surface area contributed by atoms with Crippen LogP contribution in [-0.4, -0.2) is 20.0 Å². The van der Waals surface area contributed by atoms with Gasteiger partial charge in [0.1, 0.15) is 0 Å². The number of rotatable bonds is 5. The number of thioether (sulfide) groups is 1. The molecule has 0 radical (unpaired) electrons. The average Bonchev–Trinajstić information content (AvgIpc) is 3.10. The van der Waals surface area contributed by atoms with E-state index in [1.165, 1.54) is 5.56 Å². The first-order chi connectivity index (χ1) is 10.2. The first-order valence-corrected chi connectivity index (χ1v) is 7.79. The van der Waals surface area contributed by atoms with E-state index in [2.05, 4.69) is 40.7 Å². The van der Waals surface area contributed by atoms with Gasteiger partial charge in [-0.1, -0.05) is 55.9 Å². The van der Waals surface area contributed by atoms with Gasteiger partial charge in [-0.3, -0.25) is 4.57 Å². The third-order valence-corrected chi connectivity index (χ3v) is 3.97. The lowest BCUT2D eigenvalue weighted by Gasteiger charge is -2.10. The molecule has 0 saturated carbocycles. The van der Waals surface area contributed by atoms with Gasteiger partial charge in [-0.25, -0.2) is 0 Å². The van der Waals surface area contributed by atoms with Crippen LogP contribution in [0.15, 0.2) is 58.3 Å². The first kappa shape index (κ1) is 13.9. The normalized spacial score (nSPS) is 11.2. The van der Waals surface area contributed by atoms with Crippen LogP contribution in [0, 0.1) is 0 Å². The van der Waals surface area contributed by atoms with Crippen molar-refractivity contribution in [2.45, 2.75) is 30.8 Å². The van der Waals surface area contributed by atoms with Gasteiger partial charge in [-0.05, 0) is 17.7 Å². The smallest absolute Gasteiger partial charge is 0.200 e. The quantitative estimate of drug-likeness (QED) is 0.666. The molecule has 21 heavy (non-hydrogen) atoms. The summed E-state index contributed by atoms with van der Waals surface area (Å²) in [5.74, 6) is 1.51. The molecule has 0 bridgehead atoms. The fourth-order valence-electron chi connectivity index (χ4n) is 2.08. The standard InChI is InChI=1S/C16H17N3OS/c1-12(2)21-16-18-17-15(14-9-6-10-20-14)19(16)11-13-7-4-3-5-8-13/h3-10,12H,11H2,1-2H3. The number of benzene rings is 1. The molecule has 5 heteroatoms. The molecule has 0 N–H and O–H groups in total. The molecule has 0 saturated heterocycles. The zero-order chi connectivity index (χ0) is 14.7. The van der Waals surface area contributed by atoms with Crippen LogP contribution < -0.4 is 0 Å². The maximum atomic E-state index is 5.48. The Kier molecular flexibility index (Phi) is 4.10. The molecule has 0 unspecified atom stereocenters. The largest absolute Gasteiger partial charge is 0.461 e. The molecule has 0 spiro atoms. The summed E-state index contributed by atoms with van der Waals surface area (Å²) in [6.07, 6.45) is 1.66. The topological polar surface area (TPSA) is 43.9 Å². The van der Waals surface area contributed by atoms with Crippen molar-refractivity contribution in [3.05, 3.63) is 54.3 Å². The van der Waals surface area contributed by atoms with E-state index in [1.807, 2.05) is 30.3 Å². The minimum atomic E-state index is 0.452. The van der Waals surface area contributed by atoms with Gasteiger partial charge < -0.3 is 4.42 Å². The fraction of sp³-hybridized carbons (Fsp3) is 0.250. The highest BCUT2D eigenvalue weighted by Gasteiger charge is 2.17. The van der Waals surface area contributed by atoms with Crippen molar-refractivity contribution in [3.63, 3.8) is 0 Å². The lowest BCUT2D eigenvalue weighted by atomic mass is 10.2. The summed E-state index contributed by atoms with van der Waals surface area (Å²) in [5, 5.41) is 10.00. The van der Waals surface area contributed by atoms with E-state index < -0.39 is 0 Å². The third kappa shape index (κ3) is 3.19. The van der Waals surface area contributed by atoms with Crippen LogP contribution in [0.3, 0.4) is 0 Å². The van der Waals surface area contributed by atoms with Gasteiger partial charge in [0.2, 0.25) is 5.82 Å². The van der Waals surface area contributed by atoms with Gasteiger partial charge in [-0.15, -0.1) is 10.2 Å². The summed E-state index contributed by atoms with van der Waals surface area (Å²) in [5.41, 5.74) is 1.22. The van der Waals surface area contributed by atoms with Crippen LogP contribution in [0.1, 0.15) is 19.4 Å². The summed E-state index contributed by atoms with van der Waals surface area (Å²) < 4.78 is 7.59. The van der Waals surface area contributed by atoms with Crippen molar-refractivity contribution in [1.82, 2.24) is 14.8 Å². The number of hydrogen-bond acceptors (Lipinski definition) is 4. The molecule has 0 aliphatic rings. The predicted octanol–water partition coefficient (Wildman–Crippen LogP) is 4.09. The van der Waals surface area contributed by atoms with Gasteiger partial charge in [0.25, 0.3) is 0 Å². The lowest BCUT2D eigenvalue weighted by molar-refractivity contribution is 0.569. The summed E-state index contributed by atoms with van der Waals surface area (Å²) in [7, 11) is 0. The molecule has 2 heterocycles. The first-order valence-electron chi connectivity index (χ1n) is 6.91. The monoisotopic (exact) mass is 299 g/mol. The molecule has 0 atom stereocenters. The Morgan fingerprint density at radius 3 is 2.57 bits per heavy atom. The number of hydrogen-bond donors (Lipinski definition) is 0. The van der Waals surface area contributed by atoms with Crippen LogP contribution in [0.5, 0.6) is 0 Å². The zero-order valence-electron chi connectivity index (χ0n) is 12.1. The fourth-order valence-corrected chi connectivity index (χ4v) is 2.87. The van der Waals surface area contributed by atoms with E-state index in [0.717, 1.165) is 23.3 Å². The molecule has 0 fully saturated rings. The minimum absolute atomic E-state index is 0.452. The number of furan rings is 1. The molecule has 0 amide bonds. The van der Waals surface area contributed by atoms with Crippen molar-refractivity contribution < 1.29 is 4.42 Å². The Bertz CT molecular complexity index is 690. The number of nitrogens with zero attached hydrogens (tertiary/aromatic N) is 3. The average molecular weight is 299 g/mol. The summed E-state index contributed by atoms with van der Waals surface area (Å²) in [6.45, 7) is 5.04. The van der Waals surface area contributed by atoms with Crippen LogP contribution >= 0.6 is 11.8 Å². The second-order valence-electron chi connectivity index (χ2n) is 5.02. The van der Waals surface area contributed by atoms with Crippen LogP contribution in [-0.2, 0) is 6.54 Å². The van der Waals surface area contributed by atoms with Crippen LogP contribution in [0.25, 0.3) is 11.6 Å². The van der Waals surface area contributed by atoms with Crippen molar-refractivity contribution in [2.75, 3.05) is 0 Å². The van der Waals surface area contributed by atoms with Gasteiger partial charge in [0.05, 0.1) is 12.8 Å². The Hall–Kier alpha value is -2.01. The number of aromatic nitrogens is 3. The van der Waals surface area contributed by atoms with E-state index in [-0.39, 0.29) is 0 Å². The van der Waals surface area contributed by atoms with E-state index in [1.54, 1.807) is 18.0 Å². The van der Waals surface area contributed by atoms with Gasteiger partial charge in [0.15, 0.2) is 10.9 Å². The maximum Gasteiger partial charge on any atom is 0.200 e. The zero-order valence-corrected chi connectivity index (χ0v) is 12.9. The van der Waals surface area contributed by atoms with E-state index >= 15 is 0 Å². The molecule has 1 aromatic carbocycles. The molecule has 0 aliphatic carbocycles. The van der Waals surface area contributed by atoms with Gasteiger partial charge in [-0.2, -0.15) is 0 Å². The Balaban J connectivity index is 2.00. The van der Waals surface area contributed by atoms with Crippen molar-refractivity contribution in [1.29, 1.82) is 0 Å². The highest BCUT2D eigenvalue weighted by molar-refractivity contribution is 7.99. The maximum absolute atomic E-state index is 5.48. The summed E-state index contributed by atoms with van der Waals surface area (Å²) in [6, 6.07) is 14.1. The molecule has 3 aromatic rings. The minimum Gasteiger partial charge on any atom is -0.461 e. The Labute approximate surface area is 128 Å². The molecule has 108 valence electrons. The second-order valence-corrected chi connectivity index (χ2v) is 6.57. The molecular formula is C16H17N3OS. The van der Waals surface area contributed by atoms with Crippen LogP contribution in [0.4, 0.5) is 0 Å². The van der Waals surface area contributed by atoms with Crippen LogP contribution in [0.2, 0.25) is 0 Å². The van der Waals surface area contributed by atoms with E-state index in [0.29, 0.717) is 5.25 Å². The predicted molar refractivity (Wildman–Crippen MR) is 84.3 cm³/mol. The highest BCUT2D eigenvalue weighted by Crippen LogP contribution is 2.27. The van der Waals surface area contributed by atoms with E-state index in [4.69, 9.17) is 4.42 Å². The third-order valence-electron chi connectivity index (χ3n) is 2.98. The molecule has 0 aliphatic heterocycles. The molecular weight excluding hydrogens is 282 g/mol. The highest BCUT2D eigenvalue weighted by atomic mass is 32.2. The van der Waals surface area contributed by atoms with Gasteiger partial charge >= 0.3 is 0 Å². The van der Waals surface area contributed by atoms with Crippen molar-refractivity contribution in [2.24, 2.45) is 0 Å². The van der Waals surface area contributed by atoms with Crippen molar-refractivity contribution >= 4 is 11.8 Å². The Morgan fingerprint density at radius 2 is 1.90 bits per heavy atom. The molecule has 4 nitrogen and oxygen atoms in total. The SMILES string of the molecule is CC(C)Sc1nnc(-c2ccco2)n1Cc1ccccc1. The second kappa shape index (κ2) is 6.18. The molecule has 2 aromatic heterocycles. The summed E-state index contributed by atoms with van der Waals surface area (Å²) >= 11 is 1.71. The molecule has 3 rings (SSSR count). The van der Waals surface area contributed by atoms with Crippen molar-refractivity contribution in [3.8, 4) is 11.6 Å². The van der Waals surface area contributed by atoms with Gasteiger partial charge in [0, 0.05) is 5.25 Å². The Morgan fingerprint density at radius 1 is 1.10 bits per heavy atom. The van der Waals surface area contributed by atoms with E-state index in [9.17, 15) is 0 Å². The lowest BCUT2D eigenvalue weighted by Crippen LogP contribution is -2.05. The summed E-state index contributed by atoms with van der Waals surface area (Å²) in [4.78, 5) is 0.